The monoisotopic (exact) mass is 423 g/mol. The number of benzene rings is 1. The minimum Gasteiger partial charge on any atom is -0.484 e. The van der Waals surface area contributed by atoms with Crippen molar-refractivity contribution >= 4 is 17.5 Å². The smallest absolute Gasteiger partial charge is 0.260 e. The molecule has 0 aliphatic rings. The molecule has 0 aliphatic carbocycles. The van der Waals surface area contributed by atoms with Gasteiger partial charge in [0.1, 0.15) is 11.6 Å². The molecule has 3 aromatic rings. The van der Waals surface area contributed by atoms with E-state index in [4.69, 9.17) is 9.26 Å². The summed E-state index contributed by atoms with van der Waals surface area (Å²) in [6.45, 7) is 7.07. The number of nitrogens with one attached hydrogen (secondary N) is 1. The number of ether oxygens (including phenoxy) is 1. The lowest BCUT2D eigenvalue weighted by Crippen LogP contribution is -2.31. The van der Waals surface area contributed by atoms with Crippen LogP contribution in [-0.4, -0.2) is 45.5 Å². The summed E-state index contributed by atoms with van der Waals surface area (Å²) in [5, 5.41) is 6.65. The van der Waals surface area contributed by atoms with Crippen molar-refractivity contribution in [3.8, 4) is 17.1 Å². The minimum atomic E-state index is -0.209. The van der Waals surface area contributed by atoms with Gasteiger partial charge in [0.15, 0.2) is 12.4 Å². The number of carbonyl (C=O) groups excluding carboxylic acids is 2. The van der Waals surface area contributed by atoms with Crippen molar-refractivity contribution in [3.63, 3.8) is 0 Å². The molecule has 1 N–H and O–H groups in total. The zero-order valence-corrected chi connectivity index (χ0v) is 18.2. The number of hydrogen-bond donors (Lipinski definition) is 1. The van der Waals surface area contributed by atoms with Gasteiger partial charge >= 0.3 is 0 Å². The average molecular weight is 423 g/mol. The largest absolute Gasteiger partial charge is 0.484 e. The number of aromatic nitrogens is 3. The third-order valence-corrected chi connectivity index (χ3v) is 4.57. The summed E-state index contributed by atoms with van der Waals surface area (Å²) in [7, 11) is 1.68. The highest BCUT2D eigenvalue weighted by Crippen LogP contribution is 2.24. The van der Waals surface area contributed by atoms with E-state index in [9.17, 15) is 9.59 Å². The summed E-state index contributed by atoms with van der Waals surface area (Å²) < 4.78 is 11.0. The van der Waals surface area contributed by atoms with E-state index >= 15 is 0 Å². The highest BCUT2D eigenvalue weighted by Gasteiger charge is 2.17. The first-order chi connectivity index (χ1) is 14.7. The van der Waals surface area contributed by atoms with Crippen LogP contribution in [0.2, 0.25) is 0 Å². The Hall–Kier alpha value is -3.75. The second-order valence-electron chi connectivity index (χ2n) is 7.31. The summed E-state index contributed by atoms with van der Waals surface area (Å²) in [6.07, 6.45) is 1.67. The predicted molar refractivity (Wildman–Crippen MR) is 114 cm³/mol. The number of anilines is 1. The maximum Gasteiger partial charge on any atom is 0.260 e. The standard InChI is InChI=1S/C22H25N5O4/c1-13-8-17(6-7-19(13)25-16(4)28)30-12-22(29)27(5)11-20-18(10-23-15(3)24-20)21-9-14(2)26-31-21/h6-10H,11-12H2,1-5H3,(H,25,28). The van der Waals surface area contributed by atoms with E-state index in [0.717, 1.165) is 11.3 Å². The third-order valence-electron chi connectivity index (χ3n) is 4.57. The van der Waals surface area contributed by atoms with Crippen molar-refractivity contribution < 1.29 is 18.8 Å². The van der Waals surface area contributed by atoms with Gasteiger partial charge in [-0.25, -0.2) is 9.97 Å². The van der Waals surface area contributed by atoms with Gasteiger partial charge in [0.05, 0.1) is 23.5 Å². The number of nitrogens with zero attached hydrogens (tertiary/aromatic N) is 4. The summed E-state index contributed by atoms with van der Waals surface area (Å²) >= 11 is 0. The van der Waals surface area contributed by atoms with E-state index in [1.807, 2.05) is 13.8 Å². The molecule has 0 radical (unpaired) electrons. The topological polar surface area (TPSA) is 110 Å². The molecular weight excluding hydrogens is 398 g/mol. The quantitative estimate of drug-likeness (QED) is 0.622. The molecule has 0 bridgehead atoms. The SMILES string of the molecule is CC(=O)Nc1ccc(OCC(=O)N(C)Cc2nc(C)ncc2-c2cc(C)no2)cc1C. The molecule has 0 aliphatic heterocycles. The van der Waals surface area contributed by atoms with Crippen molar-refractivity contribution in [2.75, 3.05) is 19.0 Å². The highest BCUT2D eigenvalue weighted by molar-refractivity contribution is 5.89. The van der Waals surface area contributed by atoms with Gasteiger partial charge in [-0.3, -0.25) is 9.59 Å². The summed E-state index contributed by atoms with van der Waals surface area (Å²) in [5.74, 6) is 1.35. The third kappa shape index (κ3) is 5.65. The Morgan fingerprint density at radius 2 is 1.97 bits per heavy atom. The van der Waals surface area contributed by atoms with Gasteiger partial charge in [0.25, 0.3) is 5.91 Å². The van der Waals surface area contributed by atoms with Gasteiger partial charge in [0.2, 0.25) is 5.91 Å². The first-order valence-electron chi connectivity index (χ1n) is 9.74. The fourth-order valence-corrected chi connectivity index (χ4v) is 2.96. The van der Waals surface area contributed by atoms with Crippen LogP contribution >= 0.6 is 0 Å². The molecule has 0 saturated heterocycles. The van der Waals surface area contributed by atoms with Crippen LogP contribution in [0.4, 0.5) is 5.69 Å². The molecule has 2 aromatic heterocycles. The fraction of sp³-hybridized carbons (Fsp3) is 0.318. The zero-order valence-electron chi connectivity index (χ0n) is 18.2. The maximum atomic E-state index is 12.6. The molecule has 3 rings (SSSR count). The van der Waals surface area contributed by atoms with Gasteiger partial charge in [0, 0.05) is 31.9 Å². The first-order valence-corrected chi connectivity index (χ1v) is 9.74. The van der Waals surface area contributed by atoms with E-state index in [1.54, 1.807) is 44.4 Å². The van der Waals surface area contributed by atoms with Gasteiger partial charge in [-0.1, -0.05) is 5.16 Å². The Bertz CT molecular complexity index is 1110. The van der Waals surface area contributed by atoms with Crippen LogP contribution in [0.15, 0.2) is 35.0 Å². The lowest BCUT2D eigenvalue weighted by Gasteiger charge is -2.18. The molecule has 162 valence electrons. The molecule has 9 heteroatoms. The number of amides is 2. The van der Waals surface area contributed by atoms with Crippen LogP contribution in [0.5, 0.6) is 5.75 Å². The van der Waals surface area contributed by atoms with Crippen molar-refractivity contribution in [2.45, 2.75) is 34.2 Å². The van der Waals surface area contributed by atoms with Gasteiger partial charge in [-0.15, -0.1) is 0 Å². The molecule has 1 aromatic carbocycles. The predicted octanol–water partition coefficient (Wildman–Crippen LogP) is 3.05. The van der Waals surface area contributed by atoms with E-state index in [1.165, 1.54) is 11.8 Å². The Morgan fingerprint density at radius 3 is 2.61 bits per heavy atom. The molecule has 2 heterocycles. The van der Waals surface area contributed by atoms with Crippen LogP contribution in [0, 0.1) is 20.8 Å². The molecule has 0 spiro atoms. The van der Waals surface area contributed by atoms with Crippen LogP contribution in [0.1, 0.15) is 29.7 Å². The Balaban J connectivity index is 1.66. The minimum absolute atomic E-state index is 0.129. The number of likely N-dealkylation sites (N-methyl/N-ethyl adjacent to an activating group) is 1. The molecule has 9 nitrogen and oxygen atoms in total. The molecule has 0 unspecified atom stereocenters. The van der Waals surface area contributed by atoms with Crippen molar-refractivity contribution in [1.29, 1.82) is 0 Å². The second kappa shape index (κ2) is 9.38. The number of carbonyl (C=O) groups is 2. The Kier molecular flexibility index (Phi) is 6.64. The van der Waals surface area contributed by atoms with Crippen molar-refractivity contribution in [2.24, 2.45) is 0 Å². The number of hydrogen-bond acceptors (Lipinski definition) is 7. The average Bonchev–Trinajstić information content (AvgIpc) is 3.13. The van der Waals surface area contributed by atoms with Gasteiger partial charge < -0.3 is 19.5 Å². The first kappa shape index (κ1) is 21.9. The van der Waals surface area contributed by atoms with Gasteiger partial charge in [-0.2, -0.15) is 0 Å². The summed E-state index contributed by atoms with van der Waals surface area (Å²) in [4.78, 5) is 34.1. The fourth-order valence-electron chi connectivity index (χ4n) is 2.96. The Morgan fingerprint density at radius 1 is 1.19 bits per heavy atom. The maximum absolute atomic E-state index is 12.6. The summed E-state index contributed by atoms with van der Waals surface area (Å²) in [6, 6.07) is 7.03. The van der Waals surface area contributed by atoms with Gasteiger partial charge in [-0.05, 0) is 44.5 Å². The highest BCUT2D eigenvalue weighted by atomic mass is 16.5. The number of aryl methyl sites for hydroxylation is 3. The summed E-state index contributed by atoms with van der Waals surface area (Å²) in [5.41, 5.74) is 3.65. The van der Waals surface area contributed by atoms with E-state index in [-0.39, 0.29) is 25.0 Å². The van der Waals surface area contributed by atoms with Crippen molar-refractivity contribution in [1.82, 2.24) is 20.0 Å². The Labute approximate surface area is 180 Å². The molecule has 0 saturated carbocycles. The molecule has 0 fully saturated rings. The lowest BCUT2D eigenvalue weighted by atomic mass is 10.1. The lowest BCUT2D eigenvalue weighted by molar-refractivity contribution is -0.132. The van der Waals surface area contributed by atoms with Crippen LogP contribution in [0.25, 0.3) is 11.3 Å². The van der Waals surface area contributed by atoms with E-state index < -0.39 is 0 Å². The zero-order chi connectivity index (χ0) is 22.5. The molecular formula is C22H25N5O4. The molecule has 0 atom stereocenters. The van der Waals surface area contributed by atoms with Crippen LogP contribution < -0.4 is 10.1 Å². The molecule has 2 amide bonds. The molecule has 31 heavy (non-hydrogen) atoms. The second-order valence-corrected chi connectivity index (χ2v) is 7.31. The normalized spacial score (nSPS) is 10.6. The van der Waals surface area contributed by atoms with Crippen LogP contribution in [0.3, 0.4) is 0 Å². The number of rotatable bonds is 7. The van der Waals surface area contributed by atoms with E-state index in [0.29, 0.717) is 34.3 Å². The van der Waals surface area contributed by atoms with E-state index in [2.05, 4.69) is 20.4 Å². The van der Waals surface area contributed by atoms with Crippen molar-refractivity contribution in [3.05, 3.63) is 53.2 Å². The van der Waals surface area contributed by atoms with Crippen LogP contribution in [-0.2, 0) is 16.1 Å².